The zero-order valence-corrected chi connectivity index (χ0v) is 10.2. The number of hydrogen-bond donors (Lipinski definition) is 1. The third-order valence-electron chi connectivity index (χ3n) is 2.66. The van der Waals surface area contributed by atoms with Gasteiger partial charge >= 0.3 is 0 Å². The van der Waals surface area contributed by atoms with Crippen LogP contribution in [0, 0.1) is 5.41 Å². The molecule has 0 fully saturated rings. The average Bonchev–Trinajstić information content (AvgIpc) is 2.17. The van der Waals surface area contributed by atoms with Gasteiger partial charge in [0, 0.05) is 12.1 Å². The lowest BCUT2D eigenvalue weighted by molar-refractivity contribution is 0.590. The minimum Gasteiger partial charge on any atom is -0.309 e. The van der Waals surface area contributed by atoms with Crippen molar-refractivity contribution in [2.45, 2.75) is 46.0 Å². The van der Waals surface area contributed by atoms with Gasteiger partial charge in [-0.25, -0.2) is 0 Å². The molecule has 0 amide bonds. The third kappa shape index (κ3) is 3.50. The van der Waals surface area contributed by atoms with Gasteiger partial charge in [-0.1, -0.05) is 52.0 Å². The Bertz CT molecular complexity index is 327. The number of benzene rings is 1. The topological polar surface area (TPSA) is 23.9 Å². The highest BCUT2D eigenvalue weighted by molar-refractivity contribution is 5.83. The first-order valence-electron chi connectivity index (χ1n) is 5.59. The Balaban J connectivity index is 2.77. The molecule has 1 nitrogen and oxygen atoms in total. The van der Waals surface area contributed by atoms with Crippen LogP contribution >= 0.6 is 0 Å². The van der Waals surface area contributed by atoms with Crippen molar-refractivity contribution in [1.29, 1.82) is 5.41 Å². The zero-order valence-electron chi connectivity index (χ0n) is 10.2. The summed E-state index contributed by atoms with van der Waals surface area (Å²) < 4.78 is 0. The van der Waals surface area contributed by atoms with Crippen LogP contribution < -0.4 is 0 Å². The van der Waals surface area contributed by atoms with E-state index < -0.39 is 0 Å². The fraction of sp³-hybridized carbons (Fsp3) is 0.500. The van der Waals surface area contributed by atoms with Gasteiger partial charge in [-0.3, -0.25) is 0 Å². The molecule has 1 heteroatoms. The standard InChI is InChI=1S/C14H21N/c1-5-13(15)10-11-6-8-12(9-7-11)14(2,3)4/h6-9,15H,5,10H2,1-4H3. The maximum Gasteiger partial charge on any atom is 0.0130 e. The Morgan fingerprint density at radius 2 is 1.67 bits per heavy atom. The summed E-state index contributed by atoms with van der Waals surface area (Å²) in [6, 6.07) is 8.64. The minimum absolute atomic E-state index is 0.219. The van der Waals surface area contributed by atoms with Crippen LogP contribution in [0.2, 0.25) is 0 Å². The molecular weight excluding hydrogens is 182 g/mol. The van der Waals surface area contributed by atoms with Crippen molar-refractivity contribution >= 4 is 5.71 Å². The zero-order chi connectivity index (χ0) is 11.5. The van der Waals surface area contributed by atoms with Crippen molar-refractivity contribution < 1.29 is 0 Å². The van der Waals surface area contributed by atoms with E-state index in [4.69, 9.17) is 5.41 Å². The van der Waals surface area contributed by atoms with E-state index in [1.165, 1.54) is 11.1 Å². The Kier molecular flexibility index (Phi) is 3.67. The highest BCUT2D eigenvalue weighted by atomic mass is 14.4. The minimum atomic E-state index is 0.219. The molecule has 1 aromatic rings. The smallest absolute Gasteiger partial charge is 0.0130 e. The second kappa shape index (κ2) is 4.61. The lowest BCUT2D eigenvalue weighted by Crippen LogP contribution is -2.11. The molecule has 0 heterocycles. The molecule has 0 spiro atoms. The molecule has 0 unspecified atom stereocenters. The van der Waals surface area contributed by atoms with Gasteiger partial charge in [0.05, 0.1) is 0 Å². The van der Waals surface area contributed by atoms with Crippen molar-refractivity contribution in [3.63, 3.8) is 0 Å². The van der Waals surface area contributed by atoms with Crippen molar-refractivity contribution in [1.82, 2.24) is 0 Å². The van der Waals surface area contributed by atoms with Crippen LogP contribution in [0.25, 0.3) is 0 Å². The normalized spacial score (nSPS) is 11.5. The summed E-state index contributed by atoms with van der Waals surface area (Å²) in [5.41, 5.74) is 3.62. The number of nitrogens with one attached hydrogen (secondary N) is 1. The first kappa shape index (κ1) is 12.0. The quantitative estimate of drug-likeness (QED) is 0.719. The first-order valence-corrected chi connectivity index (χ1v) is 5.59. The van der Waals surface area contributed by atoms with E-state index in [0.717, 1.165) is 18.6 Å². The van der Waals surface area contributed by atoms with E-state index in [-0.39, 0.29) is 5.41 Å². The Morgan fingerprint density at radius 3 is 2.07 bits per heavy atom. The van der Waals surface area contributed by atoms with E-state index in [0.29, 0.717) is 0 Å². The molecule has 0 saturated heterocycles. The summed E-state index contributed by atoms with van der Waals surface area (Å²) in [6.45, 7) is 8.69. The predicted molar refractivity (Wildman–Crippen MR) is 66.9 cm³/mol. The molecule has 0 aliphatic carbocycles. The Hall–Kier alpha value is -1.11. The van der Waals surface area contributed by atoms with Crippen molar-refractivity contribution in [3.8, 4) is 0 Å². The monoisotopic (exact) mass is 203 g/mol. The van der Waals surface area contributed by atoms with Crippen LogP contribution in [0.1, 0.15) is 45.2 Å². The molecular formula is C14H21N. The molecule has 1 rings (SSSR count). The van der Waals surface area contributed by atoms with Crippen LogP contribution in [0.15, 0.2) is 24.3 Å². The maximum absolute atomic E-state index is 7.65. The van der Waals surface area contributed by atoms with E-state index >= 15 is 0 Å². The van der Waals surface area contributed by atoms with Gasteiger partial charge in [0.25, 0.3) is 0 Å². The van der Waals surface area contributed by atoms with Gasteiger partial charge in [-0.15, -0.1) is 0 Å². The third-order valence-corrected chi connectivity index (χ3v) is 2.66. The van der Waals surface area contributed by atoms with Crippen molar-refractivity contribution in [2.24, 2.45) is 0 Å². The van der Waals surface area contributed by atoms with Crippen LogP contribution in [0.3, 0.4) is 0 Å². The fourth-order valence-electron chi connectivity index (χ4n) is 1.49. The molecule has 0 aliphatic rings. The molecule has 1 N–H and O–H groups in total. The van der Waals surface area contributed by atoms with Gasteiger partial charge in [0.1, 0.15) is 0 Å². The molecule has 82 valence electrons. The summed E-state index contributed by atoms with van der Waals surface area (Å²) in [5.74, 6) is 0. The van der Waals surface area contributed by atoms with Crippen molar-refractivity contribution in [2.75, 3.05) is 0 Å². The Morgan fingerprint density at radius 1 is 1.13 bits per heavy atom. The highest BCUT2D eigenvalue weighted by Crippen LogP contribution is 2.22. The van der Waals surface area contributed by atoms with Crippen molar-refractivity contribution in [3.05, 3.63) is 35.4 Å². The average molecular weight is 203 g/mol. The molecule has 15 heavy (non-hydrogen) atoms. The summed E-state index contributed by atoms with van der Waals surface area (Å²) in [7, 11) is 0. The van der Waals surface area contributed by atoms with Crippen LogP contribution in [-0.2, 0) is 11.8 Å². The number of rotatable bonds is 3. The van der Waals surface area contributed by atoms with E-state index in [9.17, 15) is 0 Å². The Labute approximate surface area is 93.0 Å². The van der Waals surface area contributed by atoms with E-state index in [1.807, 2.05) is 6.92 Å². The van der Waals surface area contributed by atoms with Gasteiger partial charge in [-0.05, 0) is 23.0 Å². The van der Waals surface area contributed by atoms with Gasteiger partial charge < -0.3 is 5.41 Å². The largest absolute Gasteiger partial charge is 0.309 e. The van der Waals surface area contributed by atoms with Gasteiger partial charge in [0.2, 0.25) is 0 Å². The molecule has 0 radical (unpaired) electrons. The molecule has 1 aromatic carbocycles. The molecule has 0 aromatic heterocycles. The molecule has 0 aliphatic heterocycles. The lowest BCUT2D eigenvalue weighted by Gasteiger charge is -2.19. The fourth-order valence-corrected chi connectivity index (χ4v) is 1.49. The van der Waals surface area contributed by atoms with Crippen LogP contribution in [0.4, 0.5) is 0 Å². The van der Waals surface area contributed by atoms with E-state index in [2.05, 4.69) is 45.0 Å². The second-order valence-electron chi connectivity index (χ2n) is 5.08. The predicted octanol–water partition coefficient (Wildman–Crippen LogP) is 3.96. The number of hydrogen-bond acceptors (Lipinski definition) is 1. The van der Waals surface area contributed by atoms with Gasteiger partial charge in [-0.2, -0.15) is 0 Å². The van der Waals surface area contributed by atoms with Gasteiger partial charge in [0.15, 0.2) is 0 Å². The maximum atomic E-state index is 7.65. The van der Waals surface area contributed by atoms with Crippen LogP contribution in [-0.4, -0.2) is 5.71 Å². The summed E-state index contributed by atoms with van der Waals surface area (Å²) in [5, 5.41) is 7.65. The van der Waals surface area contributed by atoms with Crippen LogP contribution in [0.5, 0.6) is 0 Å². The summed E-state index contributed by atoms with van der Waals surface area (Å²) >= 11 is 0. The molecule has 0 bridgehead atoms. The molecule has 0 atom stereocenters. The van der Waals surface area contributed by atoms with E-state index in [1.54, 1.807) is 0 Å². The first-order chi connectivity index (χ1) is 6.93. The molecule has 0 saturated carbocycles. The lowest BCUT2D eigenvalue weighted by atomic mass is 9.86. The summed E-state index contributed by atoms with van der Waals surface area (Å²) in [4.78, 5) is 0. The SMILES string of the molecule is CCC(=N)Cc1ccc(C(C)(C)C)cc1. The highest BCUT2D eigenvalue weighted by Gasteiger charge is 2.12. The summed E-state index contributed by atoms with van der Waals surface area (Å²) in [6.07, 6.45) is 1.64. The second-order valence-corrected chi connectivity index (χ2v) is 5.08.